The second-order valence-corrected chi connectivity index (χ2v) is 4.04. The van der Waals surface area contributed by atoms with Crippen LogP contribution in [0.5, 0.6) is 0 Å². The normalized spacial score (nSPS) is 10.3. The molecule has 2 aromatic carbocycles. The zero-order valence-electron chi connectivity index (χ0n) is 10.1. The van der Waals surface area contributed by atoms with Gasteiger partial charge < -0.3 is 0 Å². The Kier molecular flexibility index (Phi) is 2.90. The van der Waals surface area contributed by atoms with Crippen LogP contribution in [0.2, 0.25) is 0 Å². The summed E-state index contributed by atoms with van der Waals surface area (Å²) in [5.41, 5.74) is 1.79. The predicted molar refractivity (Wildman–Crippen MR) is 72.2 cm³/mol. The molecule has 0 bridgehead atoms. The standard InChI is InChI=1S/C15H11N3O/c19-11-14-16-17-15(12-7-3-1-4-8-12)18(14)13-9-5-2-6-10-13/h1-11H. The van der Waals surface area contributed by atoms with Crippen LogP contribution in [0.15, 0.2) is 60.7 Å². The minimum Gasteiger partial charge on any atom is -0.294 e. The smallest absolute Gasteiger partial charge is 0.201 e. The summed E-state index contributed by atoms with van der Waals surface area (Å²) >= 11 is 0. The van der Waals surface area contributed by atoms with Gasteiger partial charge in [-0.25, -0.2) is 0 Å². The van der Waals surface area contributed by atoms with Gasteiger partial charge in [-0.05, 0) is 12.1 Å². The first-order chi connectivity index (χ1) is 9.40. The fraction of sp³-hybridized carbons (Fsp3) is 0. The lowest BCUT2D eigenvalue weighted by atomic mass is 10.2. The molecule has 0 N–H and O–H groups in total. The molecule has 0 radical (unpaired) electrons. The molecule has 0 aliphatic heterocycles. The summed E-state index contributed by atoms with van der Waals surface area (Å²) in [5, 5.41) is 8.05. The fourth-order valence-corrected chi connectivity index (χ4v) is 1.98. The van der Waals surface area contributed by atoms with Gasteiger partial charge in [0.1, 0.15) is 0 Å². The van der Waals surface area contributed by atoms with Gasteiger partial charge in [0.25, 0.3) is 0 Å². The SMILES string of the molecule is O=Cc1nnc(-c2ccccc2)n1-c1ccccc1. The van der Waals surface area contributed by atoms with E-state index in [1.807, 2.05) is 60.7 Å². The molecule has 0 fully saturated rings. The Morgan fingerprint density at radius 2 is 1.47 bits per heavy atom. The van der Waals surface area contributed by atoms with Crippen molar-refractivity contribution in [2.45, 2.75) is 0 Å². The highest BCUT2D eigenvalue weighted by Crippen LogP contribution is 2.21. The van der Waals surface area contributed by atoms with E-state index in [-0.39, 0.29) is 0 Å². The average Bonchev–Trinajstić information content (AvgIpc) is 2.93. The van der Waals surface area contributed by atoms with Gasteiger partial charge in [0.15, 0.2) is 12.1 Å². The van der Waals surface area contributed by atoms with Crippen molar-refractivity contribution in [2.24, 2.45) is 0 Å². The molecule has 0 aliphatic carbocycles. The van der Waals surface area contributed by atoms with E-state index in [2.05, 4.69) is 10.2 Å². The highest BCUT2D eigenvalue weighted by molar-refractivity contribution is 5.73. The number of benzene rings is 2. The van der Waals surface area contributed by atoms with Gasteiger partial charge in [-0.3, -0.25) is 9.36 Å². The number of carbonyl (C=O) groups is 1. The molecule has 3 rings (SSSR count). The molecular formula is C15H11N3O. The van der Waals surface area contributed by atoms with Crippen molar-refractivity contribution in [1.82, 2.24) is 14.8 Å². The number of aldehydes is 1. The number of nitrogens with zero attached hydrogens (tertiary/aromatic N) is 3. The highest BCUT2D eigenvalue weighted by atomic mass is 16.1. The maximum atomic E-state index is 11.1. The van der Waals surface area contributed by atoms with E-state index in [1.54, 1.807) is 4.57 Å². The molecular weight excluding hydrogens is 238 g/mol. The third-order valence-corrected chi connectivity index (χ3v) is 2.84. The van der Waals surface area contributed by atoms with Crippen LogP contribution in [0.1, 0.15) is 10.6 Å². The van der Waals surface area contributed by atoms with Gasteiger partial charge >= 0.3 is 0 Å². The summed E-state index contributed by atoms with van der Waals surface area (Å²) in [6.45, 7) is 0. The van der Waals surface area contributed by atoms with E-state index in [4.69, 9.17) is 0 Å². The van der Waals surface area contributed by atoms with Gasteiger partial charge in [-0.2, -0.15) is 0 Å². The monoisotopic (exact) mass is 249 g/mol. The van der Waals surface area contributed by atoms with Crippen molar-refractivity contribution in [2.75, 3.05) is 0 Å². The number of hydrogen-bond acceptors (Lipinski definition) is 3. The van der Waals surface area contributed by atoms with Crippen molar-refractivity contribution in [3.8, 4) is 17.1 Å². The molecule has 0 unspecified atom stereocenters. The lowest BCUT2D eigenvalue weighted by molar-refractivity contribution is 0.111. The molecule has 1 heterocycles. The number of para-hydroxylation sites is 1. The first kappa shape index (κ1) is 11.3. The van der Waals surface area contributed by atoms with Crippen molar-refractivity contribution < 1.29 is 4.79 Å². The Morgan fingerprint density at radius 3 is 2.11 bits per heavy atom. The summed E-state index contributed by atoms with van der Waals surface area (Å²) < 4.78 is 1.75. The zero-order valence-corrected chi connectivity index (χ0v) is 10.1. The number of hydrogen-bond donors (Lipinski definition) is 0. The lowest BCUT2D eigenvalue weighted by Gasteiger charge is -2.07. The van der Waals surface area contributed by atoms with Crippen LogP contribution in [-0.4, -0.2) is 21.1 Å². The Hall–Kier alpha value is -2.75. The second kappa shape index (κ2) is 4.86. The molecule has 0 spiro atoms. The molecule has 0 amide bonds. The molecule has 0 aliphatic rings. The van der Waals surface area contributed by atoms with E-state index < -0.39 is 0 Å². The van der Waals surface area contributed by atoms with Gasteiger partial charge in [0.2, 0.25) is 5.82 Å². The summed E-state index contributed by atoms with van der Waals surface area (Å²) in [6.07, 6.45) is 0.715. The quantitative estimate of drug-likeness (QED) is 0.670. The average molecular weight is 249 g/mol. The van der Waals surface area contributed by atoms with Crippen molar-refractivity contribution >= 4 is 6.29 Å². The molecule has 3 aromatic rings. The van der Waals surface area contributed by atoms with E-state index >= 15 is 0 Å². The number of aromatic nitrogens is 3. The highest BCUT2D eigenvalue weighted by Gasteiger charge is 2.14. The molecule has 1 aromatic heterocycles. The minimum atomic E-state index is 0.296. The molecule has 0 saturated heterocycles. The first-order valence-corrected chi connectivity index (χ1v) is 5.91. The fourth-order valence-electron chi connectivity index (χ4n) is 1.98. The summed E-state index contributed by atoms with van der Waals surface area (Å²) in [6, 6.07) is 19.3. The predicted octanol–water partition coefficient (Wildman–Crippen LogP) is 2.75. The minimum absolute atomic E-state index is 0.296. The summed E-state index contributed by atoms with van der Waals surface area (Å²) in [7, 11) is 0. The van der Waals surface area contributed by atoms with Crippen molar-refractivity contribution in [3.05, 3.63) is 66.5 Å². The van der Waals surface area contributed by atoms with Gasteiger partial charge in [-0.1, -0.05) is 48.5 Å². The van der Waals surface area contributed by atoms with E-state index in [0.29, 0.717) is 17.9 Å². The molecule has 4 heteroatoms. The summed E-state index contributed by atoms with van der Waals surface area (Å²) in [4.78, 5) is 11.1. The Labute approximate surface area is 110 Å². The van der Waals surface area contributed by atoms with Gasteiger partial charge in [0, 0.05) is 11.3 Å². The zero-order chi connectivity index (χ0) is 13.1. The molecule has 19 heavy (non-hydrogen) atoms. The number of rotatable bonds is 3. The third kappa shape index (κ3) is 2.04. The van der Waals surface area contributed by atoms with E-state index in [9.17, 15) is 4.79 Å². The van der Waals surface area contributed by atoms with Crippen molar-refractivity contribution in [1.29, 1.82) is 0 Å². The molecule has 0 saturated carbocycles. The largest absolute Gasteiger partial charge is 0.294 e. The van der Waals surface area contributed by atoms with Crippen LogP contribution in [0.25, 0.3) is 17.1 Å². The van der Waals surface area contributed by atoms with Crippen LogP contribution in [0.4, 0.5) is 0 Å². The van der Waals surface area contributed by atoms with Crippen molar-refractivity contribution in [3.63, 3.8) is 0 Å². The third-order valence-electron chi connectivity index (χ3n) is 2.84. The maximum Gasteiger partial charge on any atom is 0.201 e. The van der Waals surface area contributed by atoms with Gasteiger partial charge in [0.05, 0.1) is 0 Å². The summed E-state index contributed by atoms with van der Waals surface area (Å²) in [5.74, 6) is 0.957. The van der Waals surface area contributed by atoms with Crippen LogP contribution >= 0.6 is 0 Å². The first-order valence-electron chi connectivity index (χ1n) is 5.91. The van der Waals surface area contributed by atoms with Crippen LogP contribution in [0, 0.1) is 0 Å². The Balaban J connectivity index is 2.23. The molecule has 0 atom stereocenters. The van der Waals surface area contributed by atoms with E-state index in [1.165, 1.54) is 0 Å². The van der Waals surface area contributed by atoms with E-state index in [0.717, 1.165) is 11.3 Å². The molecule has 92 valence electrons. The van der Waals surface area contributed by atoms with Gasteiger partial charge in [-0.15, -0.1) is 10.2 Å². The Bertz CT molecular complexity index is 690. The molecule has 4 nitrogen and oxygen atoms in total. The number of carbonyl (C=O) groups excluding carboxylic acids is 1. The van der Waals surface area contributed by atoms with Crippen LogP contribution in [0.3, 0.4) is 0 Å². The second-order valence-electron chi connectivity index (χ2n) is 4.04. The Morgan fingerprint density at radius 1 is 0.842 bits per heavy atom. The van der Waals surface area contributed by atoms with Crippen LogP contribution in [-0.2, 0) is 0 Å². The lowest BCUT2D eigenvalue weighted by Crippen LogP contribution is -2.01. The maximum absolute atomic E-state index is 11.1. The topological polar surface area (TPSA) is 47.8 Å². The van der Waals surface area contributed by atoms with Crippen LogP contribution < -0.4 is 0 Å².